The smallest absolute Gasteiger partial charge is 0.250 e. The first-order chi connectivity index (χ1) is 9.03. The minimum atomic E-state index is -3.52. The molecule has 7 heteroatoms. The molecule has 0 saturated heterocycles. The second-order valence-electron chi connectivity index (χ2n) is 4.00. The molecule has 2 N–H and O–H groups in total. The molecule has 0 fully saturated rings. The van der Waals surface area contributed by atoms with Crippen molar-refractivity contribution < 1.29 is 13.5 Å². The molecule has 2 heterocycles. The number of thiophene rings is 2. The Hall–Kier alpha value is -0.730. The molecule has 2 rings (SSSR count). The van der Waals surface area contributed by atoms with Crippen LogP contribution in [0.4, 0.5) is 0 Å². The summed E-state index contributed by atoms with van der Waals surface area (Å²) in [6.45, 7) is 1.97. The van der Waals surface area contributed by atoms with Crippen molar-refractivity contribution in [2.75, 3.05) is 6.54 Å². The van der Waals surface area contributed by atoms with Crippen molar-refractivity contribution in [3.05, 3.63) is 39.4 Å². The lowest BCUT2D eigenvalue weighted by atomic mass is 10.2. The van der Waals surface area contributed by atoms with E-state index >= 15 is 0 Å². The summed E-state index contributed by atoms with van der Waals surface area (Å²) in [6.07, 6.45) is 0.00388. The van der Waals surface area contributed by atoms with E-state index in [0.29, 0.717) is 4.21 Å². The molecular weight excluding hydrogens is 302 g/mol. The van der Waals surface area contributed by atoms with Crippen LogP contribution in [-0.2, 0) is 16.4 Å². The molecule has 1 atom stereocenters. The number of hydrogen-bond acceptors (Lipinski definition) is 5. The van der Waals surface area contributed by atoms with Crippen LogP contribution in [0.25, 0.3) is 0 Å². The van der Waals surface area contributed by atoms with E-state index in [1.807, 2.05) is 18.4 Å². The highest BCUT2D eigenvalue weighted by Gasteiger charge is 2.18. The van der Waals surface area contributed by atoms with Crippen LogP contribution in [0.2, 0.25) is 0 Å². The molecule has 2 aromatic heterocycles. The Morgan fingerprint density at radius 1 is 1.37 bits per heavy atom. The number of nitrogens with one attached hydrogen (secondary N) is 1. The topological polar surface area (TPSA) is 66.4 Å². The Morgan fingerprint density at radius 2 is 2.16 bits per heavy atom. The molecule has 19 heavy (non-hydrogen) atoms. The van der Waals surface area contributed by atoms with Crippen molar-refractivity contribution in [2.45, 2.75) is 23.7 Å². The zero-order valence-corrected chi connectivity index (χ0v) is 12.8. The van der Waals surface area contributed by atoms with E-state index in [9.17, 15) is 13.5 Å². The summed E-state index contributed by atoms with van der Waals surface area (Å²) < 4.78 is 26.8. The van der Waals surface area contributed by atoms with Gasteiger partial charge in [0, 0.05) is 11.4 Å². The largest absolute Gasteiger partial charge is 0.387 e. The zero-order chi connectivity index (χ0) is 13.9. The lowest BCUT2D eigenvalue weighted by Gasteiger charge is -2.10. The minimum absolute atomic E-state index is 0.0155. The molecule has 0 aliphatic rings. The molecule has 0 aliphatic heterocycles. The van der Waals surface area contributed by atoms with E-state index in [-0.39, 0.29) is 6.54 Å². The van der Waals surface area contributed by atoms with Gasteiger partial charge >= 0.3 is 0 Å². The van der Waals surface area contributed by atoms with E-state index in [1.165, 1.54) is 22.7 Å². The summed E-state index contributed by atoms with van der Waals surface area (Å²) in [6, 6.07) is 5.20. The van der Waals surface area contributed by atoms with Gasteiger partial charge < -0.3 is 5.11 Å². The highest BCUT2D eigenvalue weighted by molar-refractivity contribution is 7.91. The van der Waals surface area contributed by atoms with Gasteiger partial charge in [0.2, 0.25) is 10.0 Å². The Morgan fingerprint density at radius 3 is 2.74 bits per heavy atom. The molecular formula is C12H15NO3S3. The molecule has 0 aromatic carbocycles. The van der Waals surface area contributed by atoms with Crippen molar-refractivity contribution in [3.63, 3.8) is 0 Å². The van der Waals surface area contributed by atoms with Gasteiger partial charge in [-0.1, -0.05) is 6.92 Å². The second kappa shape index (κ2) is 6.15. The van der Waals surface area contributed by atoms with E-state index in [2.05, 4.69) is 4.72 Å². The average molecular weight is 317 g/mol. The highest BCUT2D eigenvalue weighted by Crippen LogP contribution is 2.22. The van der Waals surface area contributed by atoms with Crippen molar-refractivity contribution >= 4 is 32.7 Å². The normalized spacial score (nSPS) is 13.6. The molecule has 0 amide bonds. The number of aliphatic hydroxyl groups is 1. The number of aryl methyl sites for hydroxylation is 1. The van der Waals surface area contributed by atoms with Crippen LogP contribution in [0.5, 0.6) is 0 Å². The Bertz CT molecular complexity index is 616. The fourth-order valence-corrected chi connectivity index (χ4v) is 4.62. The second-order valence-corrected chi connectivity index (χ2v) is 7.94. The molecule has 0 aliphatic carbocycles. The Labute approximate surface area is 120 Å². The van der Waals surface area contributed by atoms with Crippen LogP contribution in [0.15, 0.2) is 33.2 Å². The van der Waals surface area contributed by atoms with Gasteiger partial charge in [0.1, 0.15) is 4.21 Å². The Balaban J connectivity index is 2.01. The molecule has 104 valence electrons. The van der Waals surface area contributed by atoms with Crippen LogP contribution in [0.3, 0.4) is 0 Å². The molecule has 0 radical (unpaired) electrons. The van der Waals surface area contributed by atoms with Crippen LogP contribution >= 0.6 is 22.7 Å². The standard InChI is InChI=1S/C12H15NO3S3/c1-2-10-3-4-12(18-10)19(15,16)13-7-11(14)9-5-6-17-8-9/h3-6,8,11,13-14H,2,7H2,1H3. The van der Waals surface area contributed by atoms with Crippen molar-refractivity contribution in [1.82, 2.24) is 4.72 Å². The maximum atomic E-state index is 12.0. The van der Waals surface area contributed by atoms with Crippen molar-refractivity contribution in [2.24, 2.45) is 0 Å². The minimum Gasteiger partial charge on any atom is -0.387 e. The average Bonchev–Trinajstić information content (AvgIpc) is 3.06. The molecule has 0 bridgehead atoms. The van der Waals surface area contributed by atoms with E-state index in [1.54, 1.807) is 17.5 Å². The third-order valence-corrected chi connectivity index (χ3v) is 6.49. The van der Waals surface area contributed by atoms with Gasteiger partial charge in [0.05, 0.1) is 6.10 Å². The van der Waals surface area contributed by atoms with Crippen molar-refractivity contribution in [1.29, 1.82) is 0 Å². The van der Waals surface area contributed by atoms with Gasteiger partial charge in [0.25, 0.3) is 0 Å². The molecule has 0 saturated carbocycles. The van der Waals surface area contributed by atoms with E-state index < -0.39 is 16.1 Å². The number of aliphatic hydroxyl groups excluding tert-OH is 1. The SMILES string of the molecule is CCc1ccc(S(=O)(=O)NCC(O)c2ccsc2)s1. The van der Waals surface area contributed by atoms with E-state index in [0.717, 1.165) is 16.9 Å². The van der Waals surface area contributed by atoms with Crippen LogP contribution in [0.1, 0.15) is 23.5 Å². The lowest BCUT2D eigenvalue weighted by molar-refractivity contribution is 0.182. The summed E-state index contributed by atoms with van der Waals surface area (Å²) in [5.41, 5.74) is 0.730. The van der Waals surface area contributed by atoms with Gasteiger partial charge in [-0.05, 0) is 40.9 Å². The summed E-state index contributed by atoms with van der Waals surface area (Å²) >= 11 is 2.73. The summed E-state index contributed by atoms with van der Waals surface area (Å²) in [7, 11) is -3.52. The number of rotatable bonds is 6. The first-order valence-electron chi connectivity index (χ1n) is 5.81. The van der Waals surface area contributed by atoms with Gasteiger partial charge in [0.15, 0.2) is 0 Å². The van der Waals surface area contributed by atoms with Gasteiger partial charge in [-0.3, -0.25) is 0 Å². The molecule has 1 unspecified atom stereocenters. The lowest BCUT2D eigenvalue weighted by Crippen LogP contribution is -2.27. The first kappa shape index (κ1) is 14.7. The Kier molecular flexibility index (Phi) is 4.75. The maximum Gasteiger partial charge on any atom is 0.250 e. The van der Waals surface area contributed by atoms with Gasteiger partial charge in [-0.25, -0.2) is 13.1 Å². The predicted octanol–water partition coefficient (Wildman–Crippen LogP) is 2.38. The third-order valence-electron chi connectivity index (χ3n) is 2.64. The summed E-state index contributed by atoms with van der Waals surface area (Å²) in [5, 5.41) is 13.5. The summed E-state index contributed by atoms with van der Waals surface area (Å²) in [5.74, 6) is 0. The molecule has 0 spiro atoms. The van der Waals surface area contributed by atoms with Gasteiger partial charge in [-0.2, -0.15) is 11.3 Å². The number of hydrogen-bond donors (Lipinski definition) is 2. The highest BCUT2D eigenvalue weighted by atomic mass is 32.2. The first-order valence-corrected chi connectivity index (χ1v) is 9.05. The zero-order valence-electron chi connectivity index (χ0n) is 10.4. The predicted molar refractivity (Wildman–Crippen MR) is 78.2 cm³/mol. The molecule has 2 aromatic rings. The van der Waals surface area contributed by atoms with Crippen LogP contribution in [0, 0.1) is 0 Å². The van der Waals surface area contributed by atoms with Gasteiger partial charge in [-0.15, -0.1) is 11.3 Å². The molecule has 4 nitrogen and oxygen atoms in total. The van der Waals surface area contributed by atoms with Crippen molar-refractivity contribution in [3.8, 4) is 0 Å². The maximum absolute atomic E-state index is 12.0. The summed E-state index contributed by atoms with van der Waals surface area (Å²) in [4.78, 5) is 1.03. The number of sulfonamides is 1. The quantitative estimate of drug-likeness (QED) is 0.859. The third kappa shape index (κ3) is 3.64. The van der Waals surface area contributed by atoms with Crippen LogP contribution < -0.4 is 4.72 Å². The monoisotopic (exact) mass is 317 g/mol. The fourth-order valence-electron chi connectivity index (χ4n) is 1.53. The van der Waals surface area contributed by atoms with Crippen LogP contribution in [-0.4, -0.2) is 20.1 Å². The van der Waals surface area contributed by atoms with E-state index in [4.69, 9.17) is 0 Å². The fraction of sp³-hybridized carbons (Fsp3) is 0.333.